The molecular formula is C17H23N5O. The normalized spacial score (nSPS) is 19.8. The maximum atomic E-state index is 12.1. The lowest BCUT2D eigenvalue weighted by molar-refractivity contribution is -0.124. The summed E-state index contributed by atoms with van der Waals surface area (Å²) in [6.07, 6.45) is 2.10. The summed E-state index contributed by atoms with van der Waals surface area (Å²) in [5.41, 5.74) is 6.68. The number of rotatable bonds is 5. The van der Waals surface area contributed by atoms with E-state index in [1.54, 1.807) is 0 Å². The summed E-state index contributed by atoms with van der Waals surface area (Å²) in [7, 11) is 0. The summed E-state index contributed by atoms with van der Waals surface area (Å²) >= 11 is 0. The second kappa shape index (κ2) is 6.50. The van der Waals surface area contributed by atoms with E-state index in [9.17, 15) is 4.79 Å². The second-order valence-electron chi connectivity index (χ2n) is 6.14. The molecule has 6 nitrogen and oxygen atoms in total. The quantitative estimate of drug-likeness (QED) is 0.909. The molecule has 2 N–H and O–H groups in total. The van der Waals surface area contributed by atoms with Crippen molar-refractivity contribution < 1.29 is 4.79 Å². The predicted octanol–water partition coefficient (Wildman–Crippen LogP) is 1.59. The van der Waals surface area contributed by atoms with E-state index < -0.39 is 0 Å². The van der Waals surface area contributed by atoms with Crippen LogP contribution in [0.3, 0.4) is 0 Å². The van der Waals surface area contributed by atoms with Gasteiger partial charge in [0, 0.05) is 6.04 Å². The van der Waals surface area contributed by atoms with Gasteiger partial charge in [-0.05, 0) is 38.8 Å². The molecule has 1 aromatic heterocycles. The summed E-state index contributed by atoms with van der Waals surface area (Å²) < 4.78 is 1.93. The highest BCUT2D eigenvalue weighted by atomic mass is 16.1. The van der Waals surface area contributed by atoms with Crippen LogP contribution in [-0.4, -0.2) is 38.2 Å². The SMILES string of the molecule is Cc1nc(C)n(CC2CCCN2C(C(N)=O)c2ccccc2)n1. The molecule has 2 unspecified atom stereocenters. The lowest BCUT2D eigenvalue weighted by Crippen LogP contribution is -2.42. The molecule has 2 heterocycles. The molecule has 0 aliphatic carbocycles. The number of likely N-dealkylation sites (tertiary alicyclic amines) is 1. The van der Waals surface area contributed by atoms with Crippen molar-refractivity contribution in [1.29, 1.82) is 0 Å². The number of carbonyl (C=O) groups excluding carboxylic acids is 1. The molecule has 1 aliphatic rings. The molecule has 2 atom stereocenters. The monoisotopic (exact) mass is 313 g/mol. The molecule has 1 aliphatic heterocycles. The third kappa shape index (κ3) is 3.27. The van der Waals surface area contributed by atoms with Crippen molar-refractivity contribution >= 4 is 5.91 Å². The number of benzene rings is 1. The summed E-state index contributed by atoms with van der Waals surface area (Å²) in [4.78, 5) is 18.7. The van der Waals surface area contributed by atoms with Crippen LogP contribution in [0, 0.1) is 13.8 Å². The van der Waals surface area contributed by atoms with Gasteiger partial charge in [-0.25, -0.2) is 9.67 Å². The van der Waals surface area contributed by atoms with Crippen LogP contribution >= 0.6 is 0 Å². The maximum absolute atomic E-state index is 12.1. The minimum Gasteiger partial charge on any atom is -0.368 e. The van der Waals surface area contributed by atoms with E-state index in [0.717, 1.165) is 43.1 Å². The van der Waals surface area contributed by atoms with Crippen LogP contribution in [0.4, 0.5) is 0 Å². The van der Waals surface area contributed by atoms with E-state index in [1.165, 1.54) is 0 Å². The molecule has 0 bridgehead atoms. The van der Waals surface area contributed by atoms with E-state index in [-0.39, 0.29) is 18.0 Å². The van der Waals surface area contributed by atoms with Gasteiger partial charge in [-0.2, -0.15) is 5.10 Å². The Kier molecular flexibility index (Phi) is 4.43. The first-order chi connectivity index (χ1) is 11.1. The minimum atomic E-state index is -0.381. The highest BCUT2D eigenvalue weighted by molar-refractivity contribution is 5.81. The van der Waals surface area contributed by atoms with Crippen LogP contribution in [0.2, 0.25) is 0 Å². The predicted molar refractivity (Wildman–Crippen MR) is 87.6 cm³/mol. The van der Waals surface area contributed by atoms with E-state index in [2.05, 4.69) is 15.0 Å². The summed E-state index contributed by atoms with van der Waals surface area (Å²) in [5, 5.41) is 4.45. The van der Waals surface area contributed by atoms with Crippen molar-refractivity contribution in [3.05, 3.63) is 47.5 Å². The molecule has 0 saturated carbocycles. The van der Waals surface area contributed by atoms with Gasteiger partial charge in [-0.1, -0.05) is 30.3 Å². The third-order valence-corrected chi connectivity index (χ3v) is 4.49. The van der Waals surface area contributed by atoms with Gasteiger partial charge in [0.2, 0.25) is 5.91 Å². The molecule has 0 spiro atoms. The Hall–Kier alpha value is -2.21. The minimum absolute atomic E-state index is 0.243. The Morgan fingerprint density at radius 2 is 2.09 bits per heavy atom. The molecule has 6 heteroatoms. The Labute approximate surface area is 136 Å². The van der Waals surface area contributed by atoms with Crippen LogP contribution in [0.15, 0.2) is 30.3 Å². The van der Waals surface area contributed by atoms with Gasteiger partial charge in [0.05, 0.1) is 6.54 Å². The van der Waals surface area contributed by atoms with Gasteiger partial charge in [0.25, 0.3) is 0 Å². The fourth-order valence-corrected chi connectivity index (χ4v) is 3.48. The van der Waals surface area contributed by atoms with Crippen molar-refractivity contribution in [3.63, 3.8) is 0 Å². The van der Waals surface area contributed by atoms with Gasteiger partial charge >= 0.3 is 0 Å². The average molecular weight is 313 g/mol. The van der Waals surface area contributed by atoms with Gasteiger partial charge in [-0.15, -0.1) is 0 Å². The number of carbonyl (C=O) groups is 1. The zero-order valence-electron chi connectivity index (χ0n) is 13.6. The highest BCUT2D eigenvalue weighted by Crippen LogP contribution is 2.30. The standard InChI is InChI=1S/C17H23N5O/c1-12-19-13(2)22(20-12)11-15-9-6-10-21(15)16(17(18)23)14-7-4-3-5-8-14/h3-5,7-8,15-16H,6,9-11H2,1-2H3,(H2,18,23). The number of primary amides is 1. The van der Waals surface area contributed by atoms with Gasteiger partial charge in [-0.3, -0.25) is 9.69 Å². The number of aromatic nitrogens is 3. The van der Waals surface area contributed by atoms with Crippen molar-refractivity contribution in [2.45, 2.75) is 45.3 Å². The molecule has 23 heavy (non-hydrogen) atoms. The molecule has 3 rings (SSSR count). The Morgan fingerprint density at radius 1 is 1.35 bits per heavy atom. The molecule has 1 amide bonds. The first kappa shape index (κ1) is 15.7. The number of hydrogen-bond donors (Lipinski definition) is 1. The Bertz CT molecular complexity index is 682. The number of nitrogens with zero attached hydrogens (tertiary/aromatic N) is 4. The number of amides is 1. The van der Waals surface area contributed by atoms with Gasteiger partial charge in [0.15, 0.2) is 0 Å². The molecular weight excluding hydrogens is 290 g/mol. The fourth-order valence-electron chi connectivity index (χ4n) is 3.48. The number of aryl methyl sites for hydroxylation is 2. The topological polar surface area (TPSA) is 77.0 Å². The van der Waals surface area contributed by atoms with E-state index in [1.807, 2.05) is 48.9 Å². The third-order valence-electron chi connectivity index (χ3n) is 4.49. The highest BCUT2D eigenvalue weighted by Gasteiger charge is 2.35. The maximum Gasteiger partial charge on any atom is 0.239 e. The summed E-state index contributed by atoms with van der Waals surface area (Å²) in [6.45, 7) is 5.47. The van der Waals surface area contributed by atoms with Gasteiger partial charge < -0.3 is 5.73 Å². The van der Waals surface area contributed by atoms with E-state index in [4.69, 9.17) is 5.73 Å². The zero-order chi connectivity index (χ0) is 16.4. The molecule has 2 aromatic rings. The molecule has 1 aromatic carbocycles. The molecule has 1 saturated heterocycles. The first-order valence-corrected chi connectivity index (χ1v) is 8.04. The van der Waals surface area contributed by atoms with Crippen molar-refractivity contribution in [1.82, 2.24) is 19.7 Å². The second-order valence-corrected chi connectivity index (χ2v) is 6.14. The van der Waals surface area contributed by atoms with Crippen molar-refractivity contribution in [2.24, 2.45) is 5.73 Å². The molecule has 122 valence electrons. The molecule has 0 radical (unpaired) electrons. The van der Waals surface area contributed by atoms with E-state index >= 15 is 0 Å². The van der Waals surface area contributed by atoms with Crippen LogP contribution in [-0.2, 0) is 11.3 Å². The largest absolute Gasteiger partial charge is 0.368 e. The van der Waals surface area contributed by atoms with Crippen LogP contribution in [0.1, 0.15) is 36.1 Å². The van der Waals surface area contributed by atoms with Crippen molar-refractivity contribution in [3.8, 4) is 0 Å². The first-order valence-electron chi connectivity index (χ1n) is 8.04. The lowest BCUT2D eigenvalue weighted by atomic mass is 10.0. The number of nitrogens with two attached hydrogens (primary N) is 1. The van der Waals surface area contributed by atoms with Crippen molar-refractivity contribution in [2.75, 3.05) is 6.54 Å². The summed E-state index contributed by atoms with van der Waals surface area (Å²) in [6, 6.07) is 9.64. The fraction of sp³-hybridized carbons (Fsp3) is 0.471. The Balaban J connectivity index is 1.84. The van der Waals surface area contributed by atoms with Gasteiger partial charge in [0.1, 0.15) is 17.7 Å². The number of hydrogen-bond acceptors (Lipinski definition) is 4. The smallest absolute Gasteiger partial charge is 0.239 e. The van der Waals surface area contributed by atoms with Crippen LogP contribution in [0.5, 0.6) is 0 Å². The van der Waals surface area contributed by atoms with Crippen LogP contribution in [0.25, 0.3) is 0 Å². The Morgan fingerprint density at radius 3 is 2.70 bits per heavy atom. The molecule has 1 fully saturated rings. The van der Waals surface area contributed by atoms with E-state index in [0.29, 0.717) is 0 Å². The lowest BCUT2D eigenvalue weighted by Gasteiger charge is -2.31. The zero-order valence-corrected chi connectivity index (χ0v) is 13.6. The van der Waals surface area contributed by atoms with Crippen LogP contribution < -0.4 is 5.73 Å². The average Bonchev–Trinajstić information content (AvgIpc) is 3.08. The summed E-state index contributed by atoms with van der Waals surface area (Å²) in [5.74, 6) is 1.39.